The summed E-state index contributed by atoms with van der Waals surface area (Å²) >= 11 is 1.80. The molecular formula is C20H21N2O3S+. The quantitative estimate of drug-likeness (QED) is 0.745. The first-order valence-corrected chi connectivity index (χ1v) is 9.91. The van der Waals surface area contributed by atoms with Crippen LogP contribution in [0, 0.1) is 0 Å². The van der Waals surface area contributed by atoms with E-state index in [9.17, 15) is 5.11 Å². The van der Waals surface area contributed by atoms with Gasteiger partial charge in [-0.25, -0.2) is 4.98 Å². The molecule has 26 heavy (non-hydrogen) atoms. The van der Waals surface area contributed by atoms with Gasteiger partial charge in [0.05, 0.1) is 22.3 Å². The lowest BCUT2D eigenvalue weighted by Gasteiger charge is -2.31. The third-order valence-electron chi connectivity index (χ3n) is 5.33. The summed E-state index contributed by atoms with van der Waals surface area (Å²) in [5.74, 6) is 1.64. The molecule has 0 saturated carbocycles. The van der Waals surface area contributed by atoms with Gasteiger partial charge in [0.15, 0.2) is 16.5 Å². The Morgan fingerprint density at radius 2 is 2.00 bits per heavy atom. The standard InChI is InChI=1S/C20H20N2O3S/c23-16-10-18-17(24-12-25-18)9-13(16)11-22-8-4-3-6-15(22)20-21-14-5-1-2-7-19(14)26-20/h1-2,5,7,9-10,15,23H,3-4,6,8,11-12H2/p+1/t15-/m1/s1. The maximum Gasteiger partial charge on any atom is 0.231 e. The zero-order chi connectivity index (χ0) is 17.5. The molecule has 1 saturated heterocycles. The van der Waals surface area contributed by atoms with E-state index < -0.39 is 0 Å². The van der Waals surface area contributed by atoms with Crippen molar-refractivity contribution in [3.05, 3.63) is 47.0 Å². The molecule has 2 atom stereocenters. The van der Waals surface area contributed by atoms with E-state index in [0.29, 0.717) is 11.8 Å². The number of phenolic OH excluding ortho intramolecular Hbond substituents is 1. The van der Waals surface area contributed by atoms with E-state index in [1.54, 1.807) is 17.4 Å². The van der Waals surface area contributed by atoms with Crippen molar-refractivity contribution in [1.29, 1.82) is 0 Å². The summed E-state index contributed by atoms with van der Waals surface area (Å²) < 4.78 is 12.1. The van der Waals surface area contributed by atoms with Crippen LogP contribution in [-0.2, 0) is 6.54 Å². The number of para-hydroxylation sites is 1. The van der Waals surface area contributed by atoms with E-state index in [-0.39, 0.29) is 12.5 Å². The number of hydrogen-bond acceptors (Lipinski definition) is 5. The summed E-state index contributed by atoms with van der Waals surface area (Å²) in [6.45, 7) is 2.08. The van der Waals surface area contributed by atoms with Crippen molar-refractivity contribution in [2.45, 2.75) is 31.8 Å². The molecule has 3 heterocycles. The summed E-state index contributed by atoms with van der Waals surface area (Å²) in [7, 11) is 0. The highest BCUT2D eigenvalue weighted by atomic mass is 32.1. The second-order valence-corrected chi connectivity index (χ2v) is 8.05. The van der Waals surface area contributed by atoms with Crippen LogP contribution < -0.4 is 14.4 Å². The number of aromatic hydroxyl groups is 1. The van der Waals surface area contributed by atoms with Gasteiger partial charge in [-0.05, 0) is 31.0 Å². The molecule has 0 bridgehead atoms. The van der Waals surface area contributed by atoms with Gasteiger partial charge in [0.1, 0.15) is 18.3 Å². The van der Waals surface area contributed by atoms with Gasteiger partial charge in [-0.2, -0.15) is 0 Å². The van der Waals surface area contributed by atoms with Crippen LogP contribution in [0.25, 0.3) is 10.2 Å². The number of fused-ring (bicyclic) bond motifs is 2. The van der Waals surface area contributed by atoms with Crippen LogP contribution in [0.15, 0.2) is 36.4 Å². The van der Waals surface area contributed by atoms with Gasteiger partial charge < -0.3 is 19.5 Å². The van der Waals surface area contributed by atoms with Crippen LogP contribution in [0.5, 0.6) is 17.2 Å². The molecule has 1 fully saturated rings. The Labute approximate surface area is 155 Å². The van der Waals surface area contributed by atoms with Crippen molar-refractivity contribution >= 4 is 21.6 Å². The third kappa shape index (κ3) is 2.79. The molecule has 1 unspecified atom stereocenters. The lowest BCUT2D eigenvalue weighted by molar-refractivity contribution is -0.950. The largest absolute Gasteiger partial charge is 0.507 e. The highest BCUT2D eigenvalue weighted by Crippen LogP contribution is 2.37. The summed E-state index contributed by atoms with van der Waals surface area (Å²) in [5.41, 5.74) is 2.00. The number of ether oxygens (including phenoxy) is 2. The molecule has 5 rings (SSSR count). The summed E-state index contributed by atoms with van der Waals surface area (Å²) in [6.07, 6.45) is 3.58. The Morgan fingerprint density at radius 3 is 2.88 bits per heavy atom. The molecule has 6 heteroatoms. The van der Waals surface area contributed by atoms with Crippen molar-refractivity contribution in [3.8, 4) is 17.2 Å². The number of nitrogens with zero attached hydrogens (tertiary/aromatic N) is 1. The molecule has 0 spiro atoms. The summed E-state index contributed by atoms with van der Waals surface area (Å²) in [6, 6.07) is 12.3. The Bertz CT molecular complexity index is 922. The second kappa shape index (κ2) is 6.45. The van der Waals surface area contributed by atoms with Gasteiger partial charge in [0.2, 0.25) is 6.79 Å². The van der Waals surface area contributed by atoms with E-state index in [1.165, 1.54) is 27.4 Å². The minimum absolute atomic E-state index is 0.225. The predicted molar refractivity (Wildman–Crippen MR) is 100.0 cm³/mol. The Balaban J connectivity index is 1.45. The number of benzene rings is 2. The Hall–Kier alpha value is -2.31. The molecule has 5 nitrogen and oxygen atoms in total. The van der Waals surface area contributed by atoms with Crippen LogP contribution >= 0.6 is 11.3 Å². The van der Waals surface area contributed by atoms with E-state index in [1.807, 2.05) is 12.1 Å². The second-order valence-electron chi connectivity index (χ2n) is 6.99. The van der Waals surface area contributed by atoms with Gasteiger partial charge >= 0.3 is 0 Å². The fourth-order valence-electron chi connectivity index (χ4n) is 3.99. The number of likely N-dealkylation sites (tertiary alicyclic amines) is 1. The lowest BCUT2D eigenvalue weighted by atomic mass is 10.0. The van der Waals surface area contributed by atoms with E-state index in [0.717, 1.165) is 36.3 Å². The van der Waals surface area contributed by atoms with Crippen molar-refractivity contribution in [2.24, 2.45) is 0 Å². The molecule has 1 aromatic heterocycles. The van der Waals surface area contributed by atoms with E-state index >= 15 is 0 Å². The van der Waals surface area contributed by atoms with Crippen molar-refractivity contribution in [2.75, 3.05) is 13.3 Å². The Morgan fingerprint density at radius 1 is 1.15 bits per heavy atom. The molecule has 0 amide bonds. The van der Waals surface area contributed by atoms with E-state index in [2.05, 4.69) is 18.2 Å². The maximum atomic E-state index is 10.4. The highest BCUT2D eigenvalue weighted by Gasteiger charge is 2.31. The first kappa shape index (κ1) is 15.9. The first-order valence-electron chi connectivity index (χ1n) is 9.09. The van der Waals surface area contributed by atoms with Crippen LogP contribution in [0.1, 0.15) is 35.9 Å². The topological polar surface area (TPSA) is 56.0 Å². The number of aromatic nitrogens is 1. The van der Waals surface area contributed by atoms with Crippen molar-refractivity contribution in [1.82, 2.24) is 4.98 Å². The minimum Gasteiger partial charge on any atom is -0.507 e. The fourth-order valence-corrected chi connectivity index (χ4v) is 5.15. The van der Waals surface area contributed by atoms with Gasteiger partial charge in [-0.1, -0.05) is 12.1 Å². The van der Waals surface area contributed by atoms with Crippen LogP contribution in [0.3, 0.4) is 0 Å². The lowest BCUT2D eigenvalue weighted by Crippen LogP contribution is -3.11. The van der Waals surface area contributed by atoms with Crippen LogP contribution in [0.2, 0.25) is 0 Å². The minimum atomic E-state index is 0.225. The molecule has 0 radical (unpaired) electrons. The molecule has 2 aliphatic heterocycles. The number of nitrogens with one attached hydrogen (secondary N) is 1. The average Bonchev–Trinajstić information content (AvgIpc) is 3.28. The van der Waals surface area contributed by atoms with Gasteiger partial charge in [0.25, 0.3) is 0 Å². The molecule has 2 aliphatic rings. The number of thiazole rings is 1. The zero-order valence-electron chi connectivity index (χ0n) is 14.4. The van der Waals surface area contributed by atoms with Gasteiger partial charge in [0, 0.05) is 12.5 Å². The van der Waals surface area contributed by atoms with Crippen molar-refractivity contribution < 1.29 is 19.5 Å². The number of piperidine rings is 1. The number of hydrogen-bond donors (Lipinski definition) is 2. The average molecular weight is 369 g/mol. The molecular weight excluding hydrogens is 348 g/mol. The monoisotopic (exact) mass is 369 g/mol. The van der Waals surface area contributed by atoms with Gasteiger partial charge in [-0.3, -0.25) is 0 Å². The maximum absolute atomic E-state index is 10.4. The molecule has 3 aromatic rings. The highest BCUT2D eigenvalue weighted by molar-refractivity contribution is 7.18. The molecule has 2 N–H and O–H groups in total. The first-order chi connectivity index (χ1) is 12.8. The fraction of sp³-hybridized carbons (Fsp3) is 0.350. The molecule has 0 aliphatic carbocycles. The Kier molecular flexibility index (Phi) is 3.94. The normalized spacial score (nSPS) is 22.0. The zero-order valence-corrected chi connectivity index (χ0v) is 15.2. The predicted octanol–water partition coefficient (Wildman–Crippen LogP) is 3.04. The van der Waals surface area contributed by atoms with Crippen LogP contribution in [0.4, 0.5) is 0 Å². The van der Waals surface area contributed by atoms with E-state index in [4.69, 9.17) is 14.5 Å². The molecule has 134 valence electrons. The summed E-state index contributed by atoms with van der Waals surface area (Å²) in [5, 5.41) is 11.6. The number of phenols is 1. The van der Waals surface area contributed by atoms with Gasteiger partial charge in [-0.15, -0.1) is 11.3 Å². The summed E-state index contributed by atoms with van der Waals surface area (Å²) in [4.78, 5) is 6.36. The number of quaternary nitrogens is 1. The van der Waals surface area contributed by atoms with Crippen molar-refractivity contribution in [3.63, 3.8) is 0 Å². The third-order valence-corrected chi connectivity index (χ3v) is 6.48. The number of rotatable bonds is 3. The molecule has 2 aromatic carbocycles. The van der Waals surface area contributed by atoms with Crippen LogP contribution in [-0.4, -0.2) is 23.4 Å². The SMILES string of the molecule is Oc1cc2c(cc1C[NH+]1CCCC[C@@H]1c1nc3ccccc3s1)OCO2. The smallest absolute Gasteiger partial charge is 0.231 e.